The van der Waals surface area contributed by atoms with Gasteiger partial charge in [-0.3, -0.25) is 9.59 Å². The molecule has 0 fully saturated rings. The van der Waals surface area contributed by atoms with Gasteiger partial charge in [-0.1, -0.05) is 12.1 Å². The number of hydrogen-bond acceptors (Lipinski definition) is 5. The standard InChI is InChI=1S/C18H28N2O4/c1-6-24-18(22)11-12-20(14(2)21)13-17(19(3)4)15-7-9-16(23-5)10-8-15/h7-10,17H,6,11-13H2,1-5H3. The number of likely N-dealkylation sites (N-methyl/N-ethyl adjacent to an activating group) is 1. The van der Waals surface area contributed by atoms with Crippen molar-refractivity contribution in [1.82, 2.24) is 9.80 Å². The van der Waals surface area contributed by atoms with Crippen LogP contribution in [-0.4, -0.2) is 62.6 Å². The van der Waals surface area contributed by atoms with Crippen LogP contribution in [0.1, 0.15) is 31.9 Å². The van der Waals surface area contributed by atoms with E-state index in [0.717, 1.165) is 11.3 Å². The fourth-order valence-electron chi connectivity index (χ4n) is 2.44. The van der Waals surface area contributed by atoms with Gasteiger partial charge >= 0.3 is 5.97 Å². The molecular weight excluding hydrogens is 308 g/mol. The quantitative estimate of drug-likeness (QED) is 0.646. The fraction of sp³-hybridized carbons (Fsp3) is 0.556. The Kier molecular flexibility index (Phi) is 8.26. The van der Waals surface area contributed by atoms with Crippen LogP contribution in [0.4, 0.5) is 0 Å². The summed E-state index contributed by atoms with van der Waals surface area (Å²) < 4.78 is 10.1. The molecule has 0 spiro atoms. The zero-order valence-corrected chi connectivity index (χ0v) is 15.2. The lowest BCUT2D eigenvalue weighted by Crippen LogP contribution is -2.38. The Morgan fingerprint density at radius 2 is 1.79 bits per heavy atom. The second-order valence-electron chi connectivity index (χ2n) is 5.77. The molecule has 1 unspecified atom stereocenters. The molecule has 1 rings (SSSR count). The van der Waals surface area contributed by atoms with E-state index in [1.54, 1.807) is 18.9 Å². The largest absolute Gasteiger partial charge is 0.497 e. The van der Waals surface area contributed by atoms with Crippen molar-refractivity contribution in [3.8, 4) is 5.75 Å². The lowest BCUT2D eigenvalue weighted by atomic mass is 10.0. The number of hydrogen-bond donors (Lipinski definition) is 0. The number of methoxy groups -OCH3 is 1. The van der Waals surface area contributed by atoms with E-state index in [2.05, 4.69) is 4.90 Å². The number of benzene rings is 1. The van der Waals surface area contributed by atoms with E-state index in [4.69, 9.17) is 9.47 Å². The van der Waals surface area contributed by atoms with Crippen LogP contribution in [0, 0.1) is 0 Å². The molecule has 6 nitrogen and oxygen atoms in total. The van der Waals surface area contributed by atoms with Gasteiger partial charge in [-0.15, -0.1) is 0 Å². The summed E-state index contributed by atoms with van der Waals surface area (Å²) >= 11 is 0. The van der Waals surface area contributed by atoms with Crippen LogP contribution >= 0.6 is 0 Å². The summed E-state index contributed by atoms with van der Waals surface area (Å²) in [5, 5.41) is 0. The van der Waals surface area contributed by atoms with Gasteiger partial charge in [-0.25, -0.2) is 0 Å². The molecule has 0 aliphatic rings. The molecule has 6 heteroatoms. The third-order valence-corrected chi connectivity index (χ3v) is 3.85. The topological polar surface area (TPSA) is 59.1 Å². The van der Waals surface area contributed by atoms with E-state index in [9.17, 15) is 9.59 Å². The average molecular weight is 336 g/mol. The Morgan fingerprint density at radius 1 is 1.17 bits per heavy atom. The lowest BCUT2D eigenvalue weighted by Gasteiger charge is -2.31. The van der Waals surface area contributed by atoms with Gasteiger partial charge in [0.1, 0.15) is 5.75 Å². The van der Waals surface area contributed by atoms with Crippen molar-refractivity contribution in [3.05, 3.63) is 29.8 Å². The maximum atomic E-state index is 11.9. The highest BCUT2D eigenvalue weighted by Crippen LogP contribution is 2.22. The predicted octanol–water partition coefficient (Wildman–Crippen LogP) is 2.10. The summed E-state index contributed by atoms with van der Waals surface area (Å²) in [4.78, 5) is 27.2. The molecule has 1 aromatic carbocycles. The Labute approximate surface area is 144 Å². The van der Waals surface area contributed by atoms with Gasteiger partial charge in [0, 0.05) is 20.0 Å². The van der Waals surface area contributed by atoms with Gasteiger partial charge in [-0.05, 0) is 38.7 Å². The normalized spacial score (nSPS) is 11.9. The number of ether oxygens (including phenoxy) is 2. The minimum Gasteiger partial charge on any atom is -0.497 e. The summed E-state index contributed by atoms with van der Waals surface area (Å²) in [6, 6.07) is 7.83. The van der Waals surface area contributed by atoms with Crippen molar-refractivity contribution >= 4 is 11.9 Å². The van der Waals surface area contributed by atoms with E-state index >= 15 is 0 Å². The van der Waals surface area contributed by atoms with Crippen LogP contribution in [-0.2, 0) is 14.3 Å². The second-order valence-corrected chi connectivity index (χ2v) is 5.77. The van der Waals surface area contributed by atoms with Crippen LogP contribution in [0.5, 0.6) is 5.75 Å². The molecule has 0 saturated heterocycles. The minimum atomic E-state index is -0.283. The smallest absolute Gasteiger partial charge is 0.307 e. The van der Waals surface area contributed by atoms with Gasteiger partial charge in [0.15, 0.2) is 0 Å². The second kappa shape index (κ2) is 9.93. The first-order valence-electron chi connectivity index (χ1n) is 8.10. The molecular formula is C18H28N2O4. The molecule has 134 valence electrons. The lowest BCUT2D eigenvalue weighted by molar-refractivity contribution is -0.144. The van der Waals surface area contributed by atoms with Crippen LogP contribution in [0.2, 0.25) is 0 Å². The zero-order chi connectivity index (χ0) is 18.1. The van der Waals surface area contributed by atoms with Crippen molar-refractivity contribution in [2.75, 3.05) is 40.9 Å². The molecule has 0 aliphatic heterocycles. The molecule has 0 aromatic heterocycles. The van der Waals surface area contributed by atoms with E-state index in [1.807, 2.05) is 38.4 Å². The molecule has 0 bridgehead atoms. The molecule has 0 radical (unpaired) electrons. The highest BCUT2D eigenvalue weighted by Gasteiger charge is 2.21. The van der Waals surface area contributed by atoms with Gasteiger partial charge in [-0.2, -0.15) is 0 Å². The third kappa shape index (κ3) is 6.20. The SMILES string of the molecule is CCOC(=O)CCN(CC(c1ccc(OC)cc1)N(C)C)C(C)=O. The van der Waals surface area contributed by atoms with Crippen molar-refractivity contribution in [1.29, 1.82) is 0 Å². The number of nitrogens with zero attached hydrogens (tertiary/aromatic N) is 2. The highest BCUT2D eigenvalue weighted by atomic mass is 16.5. The van der Waals surface area contributed by atoms with Crippen molar-refractivity contribution < 1.29 is 19.1 Å². The predicted molar refractivity (Wildman–Crippen MR) is 92.9 cm³/mol. The number of carbonyl (C=O) groups is 2. The Morgan fingerprint density at radius 3 is 2.25 bits per heavy atom. The monoisotopic (exact) mass is 336 g/mol. The van der Waals surface area contributed by atoms with E-state index in [0.29, 0.717) is 19.7 Å². The van der Waals surface area contributed by atoms with Gasteiger partial charge in [0.05, 0.1) is 26.2 Å². The van der Waals surface area contributed by atoms with Crippen LogP contribution < -0.4 is 4.74 Å². The zero-order valence-electron chi connectivity index (χ0n) is 15.2. The Bertz CT molecular complexity index is 528. The fourth-order valence-corrected chi connectivity index (χ4v) is 2.44. The molecule has 0 heterocycles. The van der Waals surface area contributed by atoms with Crippen LogP contribution in [0.25, 0.3) is 0 Å². The maximum absolute atomic E-state index is 11.9. The Balaban J connectivity index is 2.81. The van der Waals surface area contributed by atoms with Gasteiger partial charge < -0.3 is 19.3 Å². The summed E-state index contributed by atoms with van der Waals surface area (Å²) in [6.07, 6.45) is 0.205. The van der Waals surface area contributed by atoms with Gasteiger partial charge in [0.2, 0.25) is 5.91 Å². The van der Waals surface area contributed by atoms with E-state index in [1.165, 1.54) is 6.92 Å². The number of rotatable bonds is 9. The number of amides is 1. The maximum Gasteiger partial charge on any atom is 0.307 e. The van der Waals surface area contributed by atoms with Crippen LogP contribution in [0.15, 0.2) is 24.3 Å². The highest BCUT2D eigenvalue weighted by molar-refractivity contribution is 5.75. The molecule has 1 aromatic rings. The van der Waals surface area contributed by atoms with Crippen LogP contribution in [0.3, 0.4) is 0 Å². The first kappa shape index (κ1) is 20.0. The summed E-state index contributed by atoms with van der Waals surface area (Å²) in [5.74, 6) is 0.455. The summed E-state index contributed by atoms with van der Waals surface area (Å²) in [5.41, 5.74) is 1.09. The summed E-state index contributed by atoms with van der Waals surface area (Å²) in [7, 11) is 5.57. The van der Waals surface area contributed by atoms with Crippen molar-refractivity contribution in [2.45, 2.75) is 26.3 Å². The molecule has 1 amide bonds. The van der Waals surface area contributed by atoms with Crippen molar-refractivity contribution in [3.63, 3.8) is 0 Å². The number of carbonyl (C=O) groups excluding carboxylic acids is 2. The average Bonchev–Trinajstić information content (AvgIpc) is 2.54. The first-order valence-corrected chi connectivity index (χ1v) is 8.10. The van der Waals surface area contributed by atoms with Gasteiger partial charge in [0.25, 0.3) is 0 Å². The molecule has 1 atom stereocenters. The molecule has 0 N–H and O–H groups in total. The molecule has 24 heavy (non-hydrogen) atoms. The minimum absolute atomic E-state index is 0.0296. The Hall–Kier alpha value is -2.08. The van der Waals surface area contributed by atoms with E-state index in [-0.39, 0.29) is 24.3 Å². The first-order chi connectivity index (χ1) is 11.4. The summed E-state index contributed by atoms with van der Waals surface area (Å²) in [6.45, 7) is 4.51. The van der Waals surface area contributed by atoms with E-state index < -0.39 is 0 Å². The molecule has 0 aliphatic carbocycles. The molecule has 0 saturated carbocycles. The van der Waals surface area contributed by atoms with Crippen molar-refractivity contribution in [2.24, 2.45) is 0 Å². The third-order valence-electron chi connectivity index (χ3n) is 3.85. The number of esters is 1.